The summed E-state index contributed by atoms with van der Waals surface area (Å²) in [6, 6.07) is 7.29. The molecule has 0 radical (unpaired) electrons. The van der Waals surface area contributed by atoms with Gasteiger partial charge < -0.3 is 15.2 Å². The van der Waals surface area contributed by atoms with Gasteiger partial charge in [0.15, 0.2) is 0 Å². The first-order valence-electron chi connectivity index (χ1n) is 6.23. The smallest absolute Gasteiger partial charge is 0.373 e. The monoisotopic (exact) mass is 416 g/mol. The molecule has 0 aliphatic rings. The predicted molar refractivity (Wildman–Crippen MR) is 84.5 cm³/mol. The second-order valence-electron chi connectivity index (χ2n) is 4.30. The van der Waals surface area contributed by atoms with Crippen LogP contribution in [0.15, 0.2) is 24.3 Å². The molecule has 1 aromatic carbocycles. The van der Waals surface area contributed by atoms with Crippen LogP contribution in [-0.2, 0) is 17.9 Å². The standard InChI is InChI=1S/C13H13IN4O4/c1-22-9-4-2-3-8(5-9)6-15-10(19)7-18-11(12(20)21)16-13(14)17-18/h2-5H,6-7H2,1H3,(H,15,19)(H,20,21). The summed E-state index contributed by atoms with van der Waals surface area (Å²) in [7, 11) is 1.57. The number of benzene rings is 1. The molecular formula is C13H13IN4O4. The molecule has 1 amide bonds. The topological polar surface area (TPSA) is 106 Å². The number of halogens is 1. The lowest BCUT2D eigenvalue weighted by Crippen LogP contribution is -2.29. The quantitative estimate of drug-likeness (QED) is 0.679. The molecule has 1 heterocycles. The molecule has 2 rings (SSSR count). The van der Waals surface area contributed by atoms with E-state index >= 15 is 0 Å². The van der Waals surface area contributed by atoms with E-state index in [-0.39, 0.29) is 22.1 Å². The summed E-state index contributed by atoms with van der Waals surface area (Å²) in [5.41, 5.74) is 0.874. The van der Waals surface area contributed by atoms with Crippen LogP contribution in [0.25, 0.3) is 0 Å². The number of nitrogens with zero attached hydrogens (tertiary/aromatic N) is 3. The zero-order valence-corrected chi connectivity index (χ0v) is 13.8. The summed E-state index contributed by atoms with van der Waals surface area (Å²) in [6.07, 6.45) is 0. The summed E-state index contributed by atoms with van der Waals surface area (Å²) in [5.74, 6) is -1.14. The van der Waals surface area contributed by atoms with Crippen molar-refractivity contribution in [1.29, 1.82) is 0 Å². The van der Waals surface area contributed by atoms with Crippen molar-refractivity contribution in [3.05, 3.63) is 39.5 Å². The molecule has 116 valence electrons. The van der Waals surface area contributed by atoms with Crippen molar-refractivity contribution in [3.63, 3.8) is 0 Å². The number of nitrogens with one attached hydrogen (secondary N) is 1. The SMILES string of the molecule is COc1cccc(CNC(=O)Cn2nc(I)nc2C(=O)O)c1. The van der Waals surface area contributed by atoms with Crippen LogP contribution in [0, 0.1) is 3.83 Å². The summed E-state index contributed by atoms with van der Waals surface area (Å²) in [5, 5.41) is 15.6. The number of carboxylic acid groups (broad SMARTS) is 1. The minimum atomic E-state index is -1.23. The number of rotatable bonds is 6. The molecule has 0 fully saturated rings. The maximum atomic E-state index is 11.9. The number of carbonyl (C=O) groups is 2. The Morgan fingerprint density at radius 3 is 2.91 bits per heavy atom. The van der Waals surface area contributed by atoms with Gasteiger partial charge in [-0.05, 0) is 17.7 Å². The van der Waals surface area contributed by atoms with Gasteiger partial charge in [0, 0.05) is 29.1 Å². The van der Waals surface area contributed by atoms with Crippen molar-refractivity contribution < 1.29 is 19.4 Å². The van der Waals surface area contributed by atoms with E-state index in [1.54, 1.807) is 35.8 Å². The third kappa shape index (κ3) is 4.16. The maximum Gasteiger partial charge on any atom is 0.373 e. The number of hydrogen-bond acceptors (Lipinski definition) is 5. The van der Waals surface area contributed by atoms with Crippen LogP contribution >= 0.6 is 22.6 Å². The van der Waals surface area contributed by atoms with Crippen molar-refractivity contribution >= 4 is 34.5 Å². The van der Waals surface area contributed by atoms with Gasteiger partial charge in [-0.3, -0.25) is 4.79 Å². The average Bonchev–Trinajstić information content (AvgIpc) is 2.86. The Morgan fingerprint density at radius 1 is 1.45 bits per heavy atom. The summed E-state index contributed by atoms with van der Waals surface area (Å²) in [6.45, 7) is 0.103. The fourth-order valence-electron chi connectivity index (χ4n) is 1.76. The molecule has 2 N–H and O–H groups in total. The lowest BCUT2D eigenvalue weighted by Gasteiger charge is -2.07. The van der Waals surface area contributed by atoms with Crippen molar-refractivity contribution in [2.45, 2.75) is 13.1 Å². The number of carboxylic acids is 1. The Bertz CT molecular complexity index is 701. The normalized spacial score (nSPS) is 10.3. The number of aromatic nitrogens is 3. The number of methoxy groups -OCH3 is 1. The van der Waals surface area contributed by atoms with E-state index in [1.165, 1.54) is 0 Å². The highest BCUT2D eigenvalue weighted by atomic mass is 127. The van der Waals surface area contributed by atoms with Crippen LogP contribution in [-0.4, -0.2) is 38.9 Å². The highest BCUT2D eigenvalue weighted by Gasteiger charge is 2.17. The van der Waals surface area contributed by atoms with Crippen LogP contribution in [0.4, 0.5) is 0 Å². The van der Waals surface area contributed by atoms with Gasteiger partial charge in [-0.15, -0.1) is 5.10 Å². The molecule has 0 aliphatic carbocycles. The lowest BCUT2D eigenvalue weighted by molar-refractivity contribution is -0.122. The Hall–Kier alpha value is -2.17. The molecule has 0 atom stereocenters. The van der Waals surface area contributed by atoms with Crippen molar-refractivity contribution in [1.82, 2.24) is 20.1 Å². The number of amides is 1. The second kappa shape index (κ2) is 7.20. The van der Waals surface area contributed by atoms with Crippen LogP contribution in [0.1, 0.15) is 16.2 Å². The molecule has 0 aliphatic heterocycles. The number of carbonyl (C=O) groups excluding carboxylic acids is 1. The van der Waals surface area contributed by atoms with E-state index in [1.807, 2.05) is 18.2 Å². The molecule has 9 heteroatoms. The number of aromatic carboxylic acids is 1. The highest BCUT2D eigenvalue weighted by Crippen LogP contribution is 2.12. The second-order valence-corrected chi connectivity index (χ2v) is 5.26. The Kier molecular flexibility index (Phi) is 5.31. The van der Waals surface area contributed by atoms with E-state index in [2.05, 4.69) is 15.4 Å². The third-order valence-corrected chi connectivity index (χ3v) is 3.21. The average molecular weight is 416 g/mol. The van der Waals surface area contributed by atoms with E-state index < -0.39 is 5.97 Å². The van der Waals surface area contributed by atoms with Crippen LogP contribution < -0.4 is 10.1 Å². The van der Waals surface area contributed by atoms with Gasteiger partial charge >= 0.3 is 5.97 Å². The lowest BCUT2D eigenvalue weighted by atomic mass is 10.2. The predicted octanol–water partition coefficient (Wildman–Crippen LogP) is 0.906. The molecule has 0 bridgehead atoms. The van der Waals surface area contributed by atoms with Gasteiger partial charge in [-0.1, -0.05) is 12.1 Å². The summed E-state index contributed by atoms with van der Waals surface area (Å²) < 4.78 is 6.44. The fraction of sp³-hybridized carbons (Fsp3) is 0.231. The van der Waals surface area contributed by atoms with Gasteiger partial charge in [0.2, 0.25) is 15.6 Å². The van der Waals surface area contributed by atoms with E-state index in [4.69, 9.17) is 9.84 Å². The maximum absolute atomic E-state index is 11.9. The Labute approximate surface area is 139 Å². The molecule has 0 unspecified atom stereocenters. The van der Waals surface area contributed by atoms with E-state index in [0.717, 1.165) is 10.2 Å². The van der Waals surface area contributed by atoms with Gasteiger partial charge in [0.1, 0.15) is 12.3 Å². The number of hydrogen-bond donors (Lipinski definition) is 2. The van der Waals surface area contributed by atoms with Crippen LogP contribution in [0.3, 0.4) is 0 Å². The Balaban J connectivity index is 1.97. The Morgan fingerprint density at radius 2 is 2.23 bits per heavy atom. The molecule has 22 heavy (non-hydrogen) atoms. The van der Waals surface area contributed by atoms with Crippen LogP contribution in [0.5, 0.6) is 5.75 Å². The molecule has 8 nitrogen and oxygen atoms in total. The first-order valence-corrected chi connectivity index (χ1v) is 7.30. The van der Waals surface area contributed by atoms with Crippen molar-refractivity contribution in [2.75, 3.05) is 7.11 Å². The molecule has 1 aromatic heterocycles. The highest BCUT2D eigenvalue weighted by molar-refractivity contribution is 14.1. The molecule has 0 saturated carbocycles. The summed E-state index contributed by atoms with van der Waals surface area (Å²) >= 11 is 1.79. The fourth-order valence-corrected chi connectivity index (χ4v) is 2.25. The zero-order chi connectivity index (χ0) is 16.1. The van der Waals surface area contributed by atoms with Crippen molar-refractivity contribution in [3.8, 4) is 5.75 Å². The zero-order valence-electron chi connectivity index (χ0n) is 11.6. The van der Waals surface area contributed by atoms with Crippen molar-refractivity contribution in [2.24, 2.45) is 0 Å². The van der Waals surface area contributed by atoms with E-state index in [0.29, 0.717) is 12.3 Å². The number of ether oxygens (including phenoxy) is 1. The first-order chi connectivity index (χ1) is 10.5. The van der Waals surface area contributed by atoms with Gasteiger partial charge in [0.05, 0.1) is 7.11 Å². The van der Waals surface area contributed by atoms with Gasteiger partial charge in [-0.25, -0.2) is 9.48 Å². The third-order valence-electron chi connectivity index (χ3n) is 2.75. The molecular weight excluding hydrogens is 403 g/mol. The first kappa shape index (κ1) is 16.2. The largest absolute Gasteiger partial charge is 0.497 e. The molecule has 0 saturated heterocycles. The minimum absolute atomic E-state index is 0.207. The molecule has 2 aromatic rings. The minimum Gasteiger partial charge on any atom is -0.497 e. The van der Waals surface area contributed by atoms with Gasteiger partial charge in [0.25, 0.3) is 0 Å². The van der Waals surface area contributed by atoms with E-state index in [9.17, 15) is 9.59 Å². The van der Waals surface area contributed by atoms with Crippen LogP contribution in [0.2, 0.25) is 0 Å². The van der Waals surface area contributed by atoms with Gasteiger partial charge in [-0.2, -0.15) is 4.98 Å². The summed E-state index contributed by atoms with van der Waals surface area (Å²) in [4.78, 5) is 26.6. The molecule has 0 spiro atoms.